The Morgan fingerprint density at radius 2 is 2.30 bits per heavy atom. The molecule has 1 rings (SSSR count). The van der Waals surface area contributed by atoms with Crippen LogP contribution in [-0.2, 0) is 9.84 Å². The van der Waals surface area contributed by atoms with Crippen molar-refractivity contribution in [3.05, 3.63) is 0 Å². The van der Waals surface area contributed by atoms with Crippen LogP contribution in [0.25, 0.3) is 0 Å². The second kappa shape index (κ2) is 2.59. The van der Waals surface area contributed by atoms with Crippen molar-refractivity contribution < 1.29 is 8.42 Å². The lowest BCUT2D eigenvalue weighted by molar-refractivity contribution is 0.592. The summed E-state index contributed by atoms with van der Waals surface area (Å²) in [4.78, 5) is 0. The summed E-state index contributed by atoms with van der Waals surface area (Å²) in [7, 11) is -2.77. The highest BCUT2D eigenvalue weighted by Crippen LogP contribution is 2.20. The van der Waals surface area contributed by atoms with Gasteiger partial charge in [0.1, 0.15) is 0 Å². The van der Waals surface area contributed by atoms with E-state index in [1.165, 1.54) is 0 Å². The predicted octanol–water partition coefficient (Wildman–Crippen LogP) is 0.335. The summed E-state index contributed by atoms with van der Waals surface area (Å²) in [5.74, 6) is 0.606. The molecule has 0 aromatic carbocycles. The Morgan fingerprint density at radius 3 is 2.70 bits per heavy atom. The molecule has 4 heteroatoms. The van der Waals surface area contributed by atoms with E-state index in [0.29, 0.717) is 12.8 Å². The summed E-state index contributed by atoms with van der Waals surface area (Å²) in [6.45, 7) is 0. The molecule has 0 N–H and O–H groups in total. The highest BCUT2D eigenvalue weighted by Gasteiger charge is 2.27. The van der Waals surface area contributed by atoms with Crippen LogP contribution in [0.5, 0.6) is 0 Å². The van der Waals surface area contributed by atoms with Gasteiger partial charge in [-0.3, -0.25) is 0 Å². The molecule has 3 nitrogen and oxygen atoms in total. The molecular weight excluding hydrogens is 150 g/mol. The molecule has 0 aromatic rings. The fraction of sp³-hybridized carbons (Fsp3) is 0.833. The largest absolute Gasteiger partial charge is 0.229 e. The smallest absolute Gasteiger partial charge is 0.150 e. The first-order valence-corrected chi connectivity index (χ1v) is 5.03. The molecule has 0 saturated carbocycles. The predicted molar refractivity (Wildman–Crippen MR) is 37.0 cm³/mol. The maximum atomic E-state index is 10.8. The zero-order valence-corrected chi connectivity index (χ0v) is 6.39. The van der Waals surface area contributed by atoms with E-state index in [2.05, 4.69) is 0 Å². The fourth-order valence-corrected chi connectivity index (χ4v) is 3.02. The summed E-state index contributed by atoms with van der Waals surface area (Å²) < 4.78 is 21.6. The van der Waals surface area contributed by atoms with Crippen molar-refractivity contribution in [1.82, 2.24) is 0 Å². The van der Waals surface area contributed by atoms with Gasteiger partial charge < -0.3 is 0 Å². The lowest BCUT2D eigenvalue weighted by Gasteiger charge is -1.96. The third-order valence-corrected chi connectivity index (χ3v) is 3.54. The average molecular weight is 159 g/mol. The Hall–Kier alpha value is -0.560. The second-order valence-corrected chi connectivity index (χ2v) is 4.86. The molecule has 10 heavy (non-hydrogen) atoms. The van der Waals surface area contributed by atoms with E-state index in [4.69, 9.17) is 5.26 Å². The third kappa shape index (κ3) is 1.71. The van der Waals surface area contributed by atoms with Gasteiger partial charge in [-0.05, 0) is 12.3 Å². The zero-order chi connectivity index (χ0) is 7.61. The van der Waals surface area contributed by atoms with Gasteiger partial charge in [-0.1, -0.05) is 0 Å². The lowest BCUT2D eigenvalue weighted by atomic mass is 10.1. The summed E-state index contributed by atoms with van der Waals surface area (Å²) in [6, 6.07) is 1.98. The molecule has 1 aliphatic rings. The van der Waals surface area contributed by atoms with Crippen molar-refractivity contribution in [3.8, 4) is 6.07 Å². The molecular formula is C6H9NO2S. The van der Waals surface area contributed by atoms with E-state index in [9.17, 15) is 8.42 Å². The Morgan fingerprint density at radius 1 is 1.60 bits per heavy atom. The van der Waals surface area contributed by atoms with Crippen molar-refractivity contribution >= 4 is 9.84 Å². The van der Waals surface area contributed by atoms with Crippen LogP contribution in [0.3, 0.4) is 0 Å². The number of nitriles is 1. The highest BCUT2D eigenvalue weighted by molar-refractivity contribution is 7.91. The zero-order valence-electron chi connectivity index (χ0n) is 5.58. The van der Waals surface area contributed by atoms with Crippen LogP contribution in [0.1, 0.15) is 12.8 Å². The van der Waals surface area contributed by atoms with Gasteiger partial charge >= 0.3 is 0 Å². The van der Waals surface area contributed by atoms with Gasteiger partial charge in [0.05, 0.1) is 17.6 Å². The first-order chi connectivity index (χ1) is 4.64. The Kier molecular flexibility index (Phi) is 1.95. The summed E-state index contributed by atoms with van der Waals surface area (Å²) >= 11 is 0. The van der Waals surface area contributed by atoms with Gasteiger partial charge in [0.2, 0.25) is 0 Å². The van der Waals surface area contributed by atoms with E-state index in [1.54, 1.807) is 0 Å². The van der Waals surface area contributed by atoms with Crippen LogP contribution in [0.15, 0.2) is 0 Å². The quantitative estimate of drug-likeness (QED) is 0.554. The topological polar surface area (TPSA) is 57.9 Å². The van der Waals surface area contributed by atoms with Crippen LogP contribution >= 0.6 is 0 Å². The Balaban J connectivity index is 2.54. The minimum Gasteiger partial charge on any atom is -0.229 e. The normalized spacial score (nSPS) is 29.7. The number of sulfone groups is 1. The summed E-state index contributed by atoms with van der Waals surface area (Å²) in [5, 5.41) is 8.25. The molecule has 0 unspecified atom stereocenters. The minimum atomic E-state index is -2.77. The van der Waals surface area contributed by atoms with Gasteiger partial charge in [-0.25, -0.2) is 8.42 Å². The van der Waals surface area contributed by atoms with Crippen molar-refractivity contribution in [2.24, 2.45) is 5.92 Å². The summed E-state index contributed by atoms with van der Waals surface area (Å²) in [5.41, 5.74) is 0. The van der Waals surface area contributed by atoms with Crippen molar-refractivity contribution in [2.45, 2.75) is 12.8 Å². The second-order valence-electron chi connectivity index (χ2n) is 2.63. The molecule has 1 atom stereocenters. The fourth-order valence-electron chi connectivity index (χ4n) is 1.16. The van der Waals surface area contributed by atoms with Gasteiger partial charge in [0.15, 0.2) is 9.84 Å². The minimum absolute atomic E-state index is 0.106. The van der Waals surface area contributed by atoms with Crippen LogP contribution in [-0.4, -0.2) is 19.9 Å². The maximum absolute atomic E-state index is 10.8. The third-order valence-electron chi connectivity index (χ3n) is 1.71. The summed E-state index contributed by atoms with van der Waals surface area (Å²) in [6.07, 6.45) is 1.06. The molecule has 1 aliphatic heterocycles. The SMILES string of the molecule is N#CC[C@H]1CCS(=O)(=O)C1. The molecule has 0 spiro atoms. The number of hydrogen-bond donors (Lipinski definition) is 0. The van der Waals surface area contributed by atoms with Gasteiger partial charge in [0.25, 0.3) is 0 Å². The lowest BCUT2D eigenvalue weighted by Crippen LogP contribution is -2.03. The van der Waals surface area contributed by atoms with Gasteiger partial charge in [-0.2, -0.15) is 5.26 Å². The van der Waals surface area contributed by atoms with Crippen LogP contribution in [0, 0.1) is 17.2 Å². The highest BCUT2D eigenvalue weighted by atomic mass is 32.2. The first kappa shape index (κ1) is 7.55. The van der Waals surface area contributed by atoms with Crippen LogP contribution < -0.4 is 0 Å². The van der Waals surface area contributed by atoms with E-state index in [0.717, 1.165) is 0 Å². The van der Waals surface area contributed by atoms with E-state index >= 15 is 0 Å². The van der Waals surface area contributed by atoms with E-state index in [1.807, 2.05) is 6.07 Å². The average Bonchev–Trinajstić information content (AvgIpc) is 2.12. The molecule has 1 heterocycles. The molecule has 0 aromatic heterocycles. The van der Waals surface area contributed by atoms with Gasteiger partial charge in [0, 0.05) is 6.42 Å². The Bertz CT molecular complexity index is 249. The molecule has 56 valence electrons. The number of rotatable bonds is 1. The van der Waals surface area contributed by atoms with E-state index < -0.39 is 9.84 Å². The molecule has 0 amide bonds. The van der Waals surface area contributed by atoms with E-state index in [-0.39, 0.29) is 17.4 Å². The monoisotopic (exact) mass is 159 g/mol. The molecule has 1 saturated heterocycles. The number of hydrogen-bond acceptors (Lipinski definition) is 3. The van der Waals surface area contributed by atoms with Gasteiger partial charge in [-0.15, -0.1) is 0 Å². The van der Waals surface area contributed by atoms with Crippen LogP contribution in [0.2, 0.25) is 0 Å². The Labute approximate surface area is 60.6 Å². The van der Waals surface area contributed by atoms with Crippen molar-refractivity contribution in [2.75, 3.05) is 11.5 Å². The van der Waals surface area contributed by atoms with Crippen molar-refractivity contribution in [1.29, 1.82) is 5.26 Å². The molecule has 1 fully saturated rings. The molecule has 0 radical (unpaired) electrons. The van der Waals surface area contributed by atoms with Crippen LogP contribution in [0.4, 0.5) is 0 Å². The maximum Gasteiger partial charge on any atom is 0.150 e. The molecule has 0 aliphatic carbocycles. The standard InChI is InChI=1S/C6H9NO2S/c7-3-1-6-2-4-10(8,9)5-6/h6H,1-2,4-5H2/t6-/m0/s1. The molecule has 0 bridgehead atoms. The number of nitrogens with zero attached hydrogens (tertiary/aromatic N) is 1. The van der Waals surface area contributed by atoms with Crippen molar-refractivity contribution in [3.63, 3.8) is 0 Å². The first-order valence-electron chi connectivity index (χ1n) is 3.21.